The first kappa shape index (κ1) is 19.1. The number of imidazole rings is 1. The predicted octanol–water partition coefficient (Wildman–Crippen LogP) is 2.43. The largest absolute Gasteiger partial charge is 0.382 e. The summed E-state index contributed by atoms with van der Waals surface area (Å²) in [6, 6.07) is 8.15. The lowest BCUT2D eigenvalue weighted by atomic mass is 10.2. The minimum absolute atomic E-state index is 0.531. The zero-order chi connectivity index (χ0) is 18.6. The molecule has 0 saturated carbocycles. The Bertz CT molecular complexity index is 972. The molecular weight excluding hydrogens is 338 g/mol. The number of rotatable bonds is 4. The monoisotopic (exact) mass is 363 g/mol. The van der Waals surface area contributed by atoms with E-state index in [1.807, 2.05) is 18.2 Å². The highest BCUT2D eigenvalue weighted by atomic mass is 32.2. The molecule has 2 heterocycles. The normalized spacial score (nSPS) is 11.5. The van der Waals surface area contributed by atoms with E-state index in [0.717, 1.165) is 53.4 Å². The number of aromatic nitrogens is 3. The van der Waals surface area contributed by atoms with E-state index in [2.05, 4.69) is 34.6 Å². The van der Waals surface area contributed by atoms with Crippen LogP contribution in [0.2, 0.25) is 0 Å². The van der Waals surface area contributed by atoms with Gasteiger partial charge in [0.25, 0.3) is 0 Å². The maximum absolute atomic E-state index is 9.41. The van der Waals surface area contributed by atoms with Crippen LogP contribution in [0.3, 0.4) is 0 Å². The quantitative estimate of drug-likeness (QED) is 0.738. The molecule has 1 aromatic carbocycles. The van der Waals surface area contributed by atoms with Gasteiger partial charge >= 0.3 is 0 Å². The van der Waals surface area contributed by atoms with Gasteiger partial charge in [-0.05, 0) is 12.5 Å². The first-order valence-corrected chi connectivity index (χ1v) is 10.2. The molecule has 25 heavy (non-hydrogen) atoms. The number of hydrogen-bond donors (Lipinski definition) is 2. The van der Waals surface area contributed by atoms with Crippen molar-refractivity contribution in [1.82, 2.24) is 14.5 Å². The van der Waals surface area contributed by atoms with Crippen LogP contribution in [0.15, 0.2) is 24.3 Å². The van der Waals surface area contributed by atoms with Gasteiger partial charge in [0.15, 0.2) is 5.82 Å². The molecule has 0 radical (unpaired) electrons. The smallest absolute Gasteiger partial charge is 0.206 e. The Hall–Kier alpha value is -2.19. The number of primary sulfonamides is 1. The summed E-state index contributed by atoms with van der Waals surface area (Å²) in [7, 11) is -3.17. The number of anilines is 1. The number of sulfonamides is 1. The van der Waals surface area contributed by atoms with Gasteiger partial charge in [-0.3, -0.25) is 0 Å². The number of fused-ring (bicyclic) bond motifs is 3. The van der Waals surface area contributed by atoms with Gasteiger partial charge in [0.2, 0.25) is 10.0 Å². The number of pyridine rings is 1. The minimum Gasteiger partial charge on any atom is -0.382 e. The highest BCUT2D eigenvalue weighted by Crippen LogP contribution is 2.29. The molecule has 2 aromatic heterocycles. The number of unbranched alkanes of at least 4 members (excludes halogenated alkanes) is 1. The number of nitrogens with zero attached hydrogens (tertiary/aromatic N) is 3. The number of nitrogen functional groups attached to an aromatic ring is 1. The average molecular weight is 363 g/mol. The maximum atomic E-state index is 9.41. The minimum atomic E-state index is -3.17. The molecule has 0 unspecified atom stereocenters. The Morgan fingerprint density at radius 1 is 1.16 bits per heavy atom. The van der Waals surface area contributed by atoms with E-state index < -0.39 is 10.0 Å². The van der Waals surface area contributed by atoms with Crippen LogP contribution >= 0.6 is 0 Å². The third-order valence-electron chi connectivity index (χ3n) is 3.74. The Kier molecular flexibility index (Phi) is 5.97. The Morgan fingerprint density at radius 2 is 1.80 bits per heavy atom. The highest BCUT2D eigenvalue weighted by molar-refractivity contribution is 7.88. The Labute approximate surface area is 148 Å². The molecule has 4 N–H and O–H groups in total. The van der Waals surface area contributed by atoms with E-state index in [0.29, 0.717) is 5.82 Å². The van der Waals surface area contributed by atoms with Crippen LogP contribution in [-0.4, -0.2) is 29.2 Å². The molecular formula is C17H25N5O2S. The van der Waals surface area contributed by atoms with E-state index in [1.54, 1.807) is 0 Å². The summed E-state index contributed by atoms with van der Waals surface area (Å²) >= 11 is 0. The number of aryl methyl sites for hydroxylation is 2. The van der Waals surface area contributed by atoms with Crippen molar-refractivity contribution in [3.63, 3.8) is 0 Å². The first-order chi connectivity index (χ1) is 11.8. The van der Waals surface area contributed by atoms with E-state index in [4.69, 9.17) is 10.7 Å². The molecule has 3 aromatic rings. The summed E-state index contributed by atoms with van der Waals surface area (Å²) in [5, 5.41) is 5.47. The lowest BCUT2D eigenvalue weighted by Gasteiger charge is -2.09. The van der Waals surface area contributed by atoms with Gasteiger partial charge in [0, 0.05) is 18.4 Å². The molecule has 0 bridgehead atoms. The van der Waals surface area contributed by atoms with Crippen molar-refractivity contribution in [1.29, 1.82) is 0 Å². The SMILES string of the molecule is CCCCn1c(CC)nc2c(N)nc3ccccc3c21.CS(N)(=O)=O. The second-order valence-electron chi connectivity index (χ2n) is 5.93. The lowest BCUT2D eigenvalue weighted by Crippen LogP contribution is -2.07. The molecule has 0 saturated heterocycles. The van der Waals surface area contributed by atoms with Crippen LogP contribution < -0.4 is 10.9 Å². The second-order valence-corrected chi connectivity index (χ2v) is 7.59. The summed E-state index contributed by atoms with van der Waals surface area (Å²) in [5.74, 6) is 1.63. The van der Waals surface area contributed by atoms with E-state index >= 15 is 0 Å². The molecule has 136 valence electrons. The van der Waals surface area contributed by atoms with Gasteiger partial charge in [0.05, 0.1) is 17.3 Å². The third kappa shape index (κ3) is 4.67. The summed E-state index contributed by atoms with van der Waals surface area (Å²) in [6.45, 7) is 5.33. The van der Waals surface area contributed by atoms with Crippen molar-refractivity contribution >= 4 is 37.8 Å². The molecule has 0 atom stereocenters. The first-order valence-electron chi connectivity index (χ1n) is 8.27. The van der Waals surface area contributed by atoms with Crippen molar-refractivity contribution in [3.8, 4) is 0 Å². The van der Waals surface area contributed by atoms with E-state index in [-0.39, 0.29) is 0 Å². The predicted molar refractivity (Wildman–Crippen MR) is 103 cm³/mol. The van der Waals surface area contributed by atoms with Gasteiger partial charge < -0.3 is 10.3 Å². The van der Waals surface area contributed by atoms with Gasteiger partial charge in [0.1, 0.15) is 11.3 Å². The van der Waals surface area contributed by atoms with Gasteiger partial charge in [-0.2, -0.15) is 0 Å². The molecule has 0 amide bonds. The van der Waals surface area contributed by atoms with E-state index in [1.165, 1.54) is 6.42 Å². The number of para-hydroxylation sites is 1. The van der Waals surface area contributed by atoms with Gasteiger partial charge in [-0.25, -0.2) is 23.5 Å². The Balaban J connectivity index is 0.000000399. The van der Waals surface area contributed by atoms with Crippen molar-refractivity contribution in [2.45, 2.75) is 39.7 Å². The summed E-state index contributed by atoms with van der Waals surface area (Å²) < 4.78 is 21.1. The molecule has 8 heteroatoms. The van der Waals surface area contributed by atoms with Crippen molar-refractivity contribution in [2.24, 2.45) is 5.14 Å². The van der Waals surface area contributed by atoms with Crippen LogP contribution in [0.1, 0.15) is 32.5 Å². The number of hydrogen-bond acceptors (Lipinski definition) is 5. The van der Waals surface area contributed by atoms with Gasteiger partial charge in [-0.1, -0.05) is 38.5 Å². The second kappa shape index (κ2) is 7.79. The average Bonchev–Trinajstić information content (AvgIpc) is 2.91. The molecule has 0 fully saturated rings. The standard InChI is InChI=1S/C16H20N4.CH5NO2S/c1-3-5-10-20-13(4-2)19-14-15(20)11-8-6-7-9-12(11)18-16(14)17;1-5(2,3)4/h6-9H,3-5,10H2,1-2H3,(H2,17,18);1H3,(H2,2,3,4). The lowest BCUT2D eigenvalue weighted by molar-refractivity contribution is 0.603. The maximum Gasteiger partial charge on any atom is 0.206 e. The molecule has 7 nitrogen and oxygen atoms in total. The summed E-state index contributed by atoms with van der Waals surface area (Å²) in [4.78, 5) is 9.18. The molecule has 0 aliphatic heterocycles. The fourth-order valence-corrected chi connectivity index (χ4v) is 2.73. The van der Waals surface area contributed by atoms with Crippen molar-refractivity contribution in [3.05, 3.63) is 30.1 Å². The van der Waals surface area contributed by atoms with Crippen molar-refractivity contribution in [2.75, 3.05) is 12.0 Å². The molecule has 0 aliphatic rings. The zero-order valence-electron chi connectivity index (χ0n) is 14.9. The van der Waals surface area contributed by atoms with Crippen molar-refractivity contribution < 1.29 is 8.42 Å². The number of nitrogens with two attached hydrogens (primary N) is 2. The molecule has 3 rings (SSSR count). The zero-order valence-corrected chi connectivity index (χ0v) is 15.7. The summed E-state index contributed by atoms with van der Waals surface area (Å²) in [5.41, 5.74) is 9.02. The fourth-order valence-electron chi connectivity index (χ4n) is 2.73. The van der Waals surface area contributed by atoms with Crippen LogP contribution in [0, 0.1) is 0 Å². The fraction of sp³-hybridized carbons (Fsp3) is 0.412. The Morgan fingerprint density at radius 3 is 2.40 bits per heavy atom. The van der Waals surface area contributed by atoms with Gasteiger partial charge in [-0.15, -0.1) is 0 Å². The number of benzene rings is 1. The van der Waals surface area contributed by atoms with Crippen LogP contribution in [0.4, 0.5) is 5.82 Å². The van der Waals surface area contributed by atoms with Crippen LogP contribution in [0.5, 0.6) is 0 Å². The topological polar surface area (TPSA) is 117 Å². The van der Waals surface area contributed by atoms with Crippen LogP contribution in [-0.2, 0) is 23.0 Å². The van der Waals surface area contributed by atoms with E-state index in [9.17, 15) is 8.42 Å². The summed E-state index contributed by atoms with van der Waals surface area (Å²) in [6.07, 6.45) is 4.16. The third-order valence-corrected chi connectivity index (χ3v) is 3.74. The van der Waals surface area contributed by atoms with Crippen LogP contribution in [0.25, 0.3) is 21.9 Å². The molecule has 0 spiro atoms. The highest BCUT2D eigenvalue weighted by Gasteiger charge is 2.15. The molecule has 0 aliphatic carbocycles.